The second-order valence-corrected chi connectivity index (χ2v) is 5.90. The molecule has 0 saturated heterocycles. The molecule has 2 bridgehead atoms. The first kappa shape index (κ1) is 11.8. The van der Waals surface area contributed by atoms with Crippen molar-refractivity contribution in [3.8, 4) is 0 Å². The monoisotopic (exact) mass is 247 g/mol. The number of nitrogens with zero attached hydrogens (tertiary/aromatic N) is 1. The van der Waals surface area contributed by atoms with E-state index in [1.54, 1.807) is 12.4 Å². The summed E-state index contributed by atoms with van der Waals surface area (Å²) in [6.07, 6.45) is 9.58. The van der Waals surface area contributed by atoms with Crippen LogP contribution in [0.2, 0.25) is 0 Å². The summed E-state index contributed by atoms with van der Waals surface area (Å²) in [5, 5.41) is 3.04. The number of nitrogens with one attached hydrogen (secondary N) is 2. The molecule has 0 aromatic carbocycles. The summed E-state index contributed by atoms with van der Waals surface area (Å²) in [6.45, 7) is 1.97. The largest absolute Gasteiger partial charge is 0.347 e. The minimum Gasteiger partial charge on any atom is -0.347 e. The Balaban J connectivity index is 1.50. The molecule has 4 heteroatoms. The summed E-state index contributed by atoms with van der Waals surface area (Å²) in [6, 6.07) is -0.0221. The molecule has 0 spiro atoms. The van der Waals surface area contributed by atoms with Crippen LogP contribution in [0.5, 0.6) is 0 Å². The molecule has 18 heavy (non-hydrogen) atoms. The number of rotatable bonds is 4. The number of aromatic nitrogens is 2. The quantitative estimate of drug-likeness (QED) is 0.858. The molecule has 1 heterocycles. The fourth-order valence-electron chi connectivity index (χ4n) is 3.75. The van der Waals surface area contributed by atoms with Gasteiger partial charge in [0, 0.05) is 18.8 Å². The van der Waals surface area contributed by atoms with Gasteiger partial charge in [0.15, 0.2) is 0 Å². The van der Waals surface area contributed by atoms with Crippen LogP contribution in [0.15, 0.2) is 12.4 Å². The first-order valence-electron chi connectivity index (χ1n) is 7.01. The minimum absolute atomic E-state index is 0.0221. The van der Waals surface area contributed by atoms with E-state index in [2.05, 4.69) is 15.3 Å². The van der Waals surface area contributed by atoms with Gasteiger partial charge in [-0.25, -0.2) is 4.98 Å². The molecule has 2 aliphatic rings. The number of carbonyl (C=O) groups excluding carboxylic acids is 1. The van der Waals surface area contributed by atoms with Gasteiger partial charge in [0.05, 0.1) is 6.04 Å². The Morgan fingerprint density at radius 3 is 3.06 bits per heavy atom. The lowest BCUT2D eigenvalue weighted by Crippen LogP contribution is -2.30. The zero-order valence-corrected chi connectivity index (χ0v) is 10.9. The van der Waals surface area contributed by atoms with E-state index in [-0.39, 0.29) is 11.9 Å². The summed E-state index contributed by atoms with van der Waals surface area (Å²) in [4.78, 5) is 19.2. The Labute approximate surface area is 108 Å². The molecule has 1 aromatic heterocycles. The fourth-order valence-corrected chi connectivity index (χ4v) is 3.75. The standard InChI is InChI=1S/C14H21N3O/c1-9(14-15-4-5-16-14)17-13(18)8-12-7-10-2-3-11(12)6-10/h4-5,9-12H,2-3,6-8H2,1H3,(H,15,16)(H,17,18). The van der Waals surface area contributed by atoms with Gasteiger partial charge in [-0.3, -0.25) is 4.79 Å². The molecule has 1 amide bonds. The number of hydrogen-bond donors (Lipinski definition) is 2. The van der Waals surface area contributed by atoms with E-state index in [0.29, 0.717) is 12.3 Å². The molecule has 0 radical (unpaired) electrons. The molecule has 2 fully saturated rings. The Kier molecular flexibility index (Phi) is 3.10. The van der Waals surface area contributed by atoms with Crippen LogP contribution in [-0.4, -0.2) is 15.9 Å². The predicted molar refractivity (Wildman–Crippen MR) is 68.7 cm³/mol. The van der Waals surface area contributed by atoms with Gasteiger partial charge in [0.25, 0.3) is 0 Å². The normalized spacial score (nSPS) is 31.5. The van der Waals surface area contributed by atoms with Crippen LogP contribution in [0.4, 0.5) is 0 Å². The Hall–Kier alpha value is -1.32. The van der Waals surface area contributed by atoms with Crippen molar-refractivity contribution >= 4 is 5.91 Å². The van der Waals surface area contributed by atoms with Crippen molar-refractivity contribution in [1.82, 2.24) is 15.3 Å². The molecule has 2 N–H and O–H groups in total. The molecule has 2 saturated carbocycles. The highest BCUT2D eigenvalue weighted by Gasteiger charge is 2.40. The maximum absolute atomic E-state index is 12.0. The van der Waals surface area contributed by atoms with E-state index in [1.165, 1.54) is 25.7 Å². The van der Waals surface area contributed by atoms with Crippen LogP contribution >= 0.6 is 0 Å². The molecular weight excluding hydrogens is 226 g/mol. The van der Waals surface area contributed by atoms with Crippen LogP contribution in [0.3, 0.4) is 0 Å². The van der Waals surface area contributed by atoms with Gasteiger partial charge in [0.1, 0.15) is 5.82 Å². The van der Waals surface area contributed by atoms with Crippen LogP contribution in [0, 0.1) is 17.8 Å². The molecule has 2 aliphatic carbocycles. The Morgan fingerprint density at radius 1 is 1.56 bits per heavy atom. The van der Waals surface area contributed by atoms with Gasteiger partial charge in [-0.2, -0.15) is 0 Å². The van der Waals surface area contributed by atoms with Crippen LogP contribution < -0.4 is 5.32 Å². The van der Waals surface area contributed by atoms with Gasteiger partial charge in [0.2, 0.25) is 5.91 Å². The number of carbonyl (C=O) groups is 1. The average molecular weight is 247 g/mol. The number of H-pyrrole nitrogens is 1. The van der Waals surface area contributed by atoms with Crippen molar-refractivity contribution in [2.24, 2.45) is 17.8 Å². The average Bonchev–Trinajstić information content (AvgIpc) is 3.06. The third-order valence-corrected chi connectivity index (χ3v) is 4.64. The number of hydrogen-bond acceptors (Lipinski definition) is 2. The lowest BCUT2D eigenvalue weighted by molar-refractivity contribution is -0.123. The third kappa shape index (κ3) is 2.28. The van der Waals surface area contributed by atoms with Gasteiger partial charge in [-0.15, -0.1) is 0 Å². The Bertz CT molecular complexity index is 415. The minimum atomic E-state index is -0.0221. The fraction of sp³-hybridized carbons (Fsp3) is 0.714. The highest BCUT2D eigenvalue weighted by atomic mass is 16.1. The number of fused-ring (bicyclic) bond motifs is 2. The molecular formula is C14H21N3O. The predicted octanol–water partition coefficient (Wildman–Crippen LogP) is 2.41. The summed E-state index contributed by atoms with van der Waals surface area (Å²) in [7, 11) is 0. The highest BCUT2D eigenvalue weighted by Crippen LogP contribution is 2.49. The molecule has 4 atom stereocenters. The lowest BCUT2D eigenvalue weighted by atomic mass is 9.86. The van der Waals surface area contributed by atoms with Crippen molar-refractivity contribution in [1.29, 1.82) is 0 Å². The topological polar surface area (TPSA) is 57.8 Å². The lowest BCUT2D eigenvalue weighted by Gasteiger charge is -2.21. The van der Waals surface area contributed by atoms with Crippen molar-refractivity contribution in [3.05, 3.63) is 18.2 Å². The van der Waals surface area contributed by atoms with Crippen molar-refractivity contribution < 1.29 is 4.79 Å². The van der Waals surface area contributed by atoms with Gasteiger partial charge in [-0.1, -0.05) is 6.42 Å². The Morgan fingerprint density at radius 2 is 2.44 bits per heavy atom. The van der Waals surface area contributed by atoms with Crippen LogP contribution in [-0.2, 0) is 4.79 Å². The third-order valence-electron chi connectivity index (χ3n) is 4.64. The summed E-state index contributed by atoms with van der Waals surface area (Å²) in [5.74, 6) is 3.37. The molecule has 98 valence electrons. The maximum atomic E-state index is 12.0. The van der Waals surface area contributed by atoms with E-state index in [0.717, 1.165) is 17.7 Å². The van der Waals surface area contributed by atoms with Gasteiger partial charge < -0.3 is 10.3 Å². The van der Waals surface area contributed by atoms with Crippen LogP contribution in [0.25, 0.3) is 0 Å². The first-order valence-corrected chi connectivity index (χ1v) is 7.01. The zero-order chi connectivity index (χ0) is 12.5. The van der Waals surface area contributed by atoms with E-state index < -0.39 is 0 Å². The van der Waals surface area contributed by atoms with E-state index in [1.807, 2.05) is 6.92 Å². The van der Waals surface area contributed by atoms with Crippen LogP contribution in [0.1, 0.15) is 50.9 Å². The summed E-state index contributed by atoms with van der Waals surface area (Å²) in [5.41, 5.74) is 0. The second-order valence-electron chi connectivity index (χ2n) is 5.90. The number of aromatic amines is 1. The second kappa shape index (κ2) is 4.75. The van der Waals surface area contributed by atoms with E-state index >= 15 is 0 Å². The molecule has 0 aliphatic heterocycles. The highest BCUT2D eigenvalue weighted by molar-refractivity contribution is 5.76. The molecule has 4 nitrogen and oxygen atoms in total. The number of amides is 1. The first-order chi connectivity index (χ1) is 8.72. The SMILES string of the molecule is CC(NC(=O)CC1CC2CCC1C2)c1ncc[nH]1. The zero-order valence-electron chi connectivity index (χ0n) is 10.9. The summed E-state index contributed by atoms with van der Waals surface area (Å²) < 4.78 is 0. The maximum Gasteiger partial charge on any atom is 0.220 e. The molecule has 3 rings (SSSR count). The van der Waals surface area contributed by atoms with Gasteiger partial charge >= 0.3 is 0 Å². The van der Waals surface area contributed by atoms with Crippen molar-refractivity contribution in [3.63, 3.8) is 0 Å². The van der Waals surface area contributed by atoms with E-state index in [4.69, 9.17) is 0 Å². The van der Waals surface area contributed by atoms with Crippen molar-refractivity contribution in [2.45, 2.75) is 45.1 Å². The van der Waals surface area contributed by atoms with Gasteiger partial charge in [-0.05, 0) is 43.9 Å². The smallest absolute Gasteiger partial charge is 0.220 e. The molecule has 1 aromatic rings. The van der Waals surface area contributed by atoms with Crippen molar-refractivity contribution in [2.75, 3.05) is 0 Å². The molecule has 4 unspecified atom stereocenters. The van der Waals surface area contributed by atoms with E-state index in [9.17, 15) is 4.79 Å². The summed E-state index contributed by atoms with van der Waals surface area (Å²) >= 11 is 0. The number of imidazole rings is 1.